The van der Waals surface area contributed by atoms with Crippen molar-refractivity contribution >= 4 is 53.3 Å². The third kappa shape index (κ3) is 6.09. The van der Waals surface area contributed by atoms with E-state index in [-0.39, 0.29) is 0 Å². The first kappa shape index (κ1) is 35.9. The lowest BCUT2D eigenvalue weighted by molar-refractivity contribution is 1.06. The topological polar surface area (TPSA) is 43.6 Å². The van der Waals surface area contributed by atoms with Gasteiger partial charge in [0.05, 0.1) is 16.7 Å². The van der Waals surface area contributed by atoms with Crippen LogP contribution >= 0.6 is 11.3 Å². The van der Waals surface area contributed by atoms with Crippen molar-refractivity contribution in [3.63, 3.8) is 0 Å². The highest BCUT2D eigenvalue weighted by Gasteiger charge is 2.22. The van der Waals surface area contributed by atoms with Crippen molar-refractivity contribution < 1.29 is 0 Å². The molecule has 0 aliphatic carbocycles. The summed E-state index contributed by atoms with van der Waals surface area (Å²) in [5.41, 5.74) is 13.3. The van der Waals surface area contributed by atoms with Gasteiger partial charge in [0.1, 0.15) is 0 Å². The maximum Gasteiger partial charge on any atom is 0.166 e. The van der Waals surface area contributed by atoms with Crippen molar-refractivity contribution in [2.75, 3.05) is 0 Å². The zero-order valence-electron chi connectivity index (χ0n) is 33.5. The van der Waals surface area contributed by atoms with E-state index in [4.69, 9.17) is 15.0 Å². The van der Waals surface area contributed by atoms with Crippen LogP contribution in [0.1, 0.15) is 0 Å². The lowest BCUT2D eigenvalue weighted by Gasteiger charge is -2.14. The molecule has 0 amide bonds. The minimum absolute atomic E-state index is 0.618. The summed E-state index contributed by atoms with van der Waals surface area (Å²) in [6, 6.07) is 77.3. The van der Waals surface area contributed by atoms with Gasteiger partial charge in [-0.1, -0.05) is 188 Å². The molecule has 0 unspecified atom stereocenters. The number of hydrogen-bond donors (Lipinski definition) is 0. The summed E-state index contributed by atoms with van der Waals surface area (Å²) < 4.78 is 4.96. The molecule has 0 aliphatic rings. The fourth-order valence-corrected chi connectivity index (χ4v) is 10.2. The standard InChI is InChI=1S/C57H36N4S/c1-4-15-37(16-5-1)39-27-31-41(32-28-39)44-23-14-24-47-53-51(62-54(44)47)36-35-50-52(53)45-21-10-12-25-48(45)61(50)49-26-13-11-22-46(49)57-59-55(42-19-8-3-9-20-42)58-56(60-57)43-33-29-40(30-34-43)38-17-6-2-7-18-38/h1-36H. The number of para-hydroxylation sites is 2. The van der Waals surface area contributed by atoms with E-state index in [1.807, 2.05) is 35.6 Å². The van der Waals surface area contributed by atoms with Crippen LogP contribution in [0, 0.1) is 0 Å². The fraction of sp³-hybridized carbons (Fsp3) is 0. The summed E-state index contributed by atoms with van der Waals surface area (Å²) in [4.78, 5) is 15.5. The Bertz CT molecular complexity index is 3590. The van der Waals surface area contributed by atoms with E-state index in [1.54, 1.807) is 0 Å². The highest BCUT2D eigenvalue weighted by atomic mass is 32.1. The van der Waals surface area contributed by atoms with Crippen molar-refractivity contribution in [2.24, 2.45) is 0 Å². The number of rotatable bonds is 7. The molecule has 0 saturated carbocycles. The highest BCUT2D eigenvalue weighted by molar-refractivity contribution is 7.26. The number of hydrogen-bond acceptors (Lipinski definition) is 4. The Labute approximate surface area is 362 Å². The van der Waals surface area contributed by atoms with Crippen LogP contribution in [0.3, 0.4) is 0 Å². The molecule has 4 nitrogen and oxygen atoms in total. The number of fused-ring (bicyclic) bond motifs is 7. The molecule has 12 rings (SSSR count). The minimum atomic E-state index is 0.618. The molecule has 290 valence electrons. The molecule has 9 aromatic carbocycles. The first-order valence-corrected chi connectivity index (χ1v) is 21.7. The molecule has 5 heteroatoms. The third-order valence-corrected chi connectivity index (χ3v) is 13.1. The van der Waals surface area contributed by atoms with Crippen LogP contribution in [-0.2, 0) is 0 Å². The third-order valence-electron chi connectivity index (χ3n) is 11.9. The van der Waals surface area contributed by atoms with Gasteiger partial charge in [0.2, 0.25) is 0 Å². The lowest BCUT2D eigenvalue weighted by atomic mass is 9.98. The average Bonchev–Trinajstić information content (AvgIpc) is 3.91. The molecular weight excluding hydrogens is 773 g/mol. The van der Waals surface area contributed by atoms with Gasteiger partial charge in [-0.05, 0) is 63.7 Å². The summed E-state index contributed by atoms with van der Waals surface area (Å²) in [6.07, 6.45) is 0. The molecule has 12 aromatic rings. The number of benzene rings is 9. The molecule has 3 aromatic heterocycles. The second kappa shape index (κ2) is 14.9. The lowest BCUT2D eigenvalue weighted by Crippen LogP contribution is -2.03. The SMILES string of the molecule is c1ccc(-c2ccc(-c3nc(-c4ccccc4)nc(-c4ccccc4-n4c5ccccc5c5c6c(ccc54)sc4c(-c5ccc(-c7ccccc7)cc5)cccc46)n3)cc2)cc1. The van der Waals surface area contributed by atoms with E-state index in [0.717, 1.165) is 39.0 Å². The van der Waals surface area contributed by atoms with Crippen molar-refractivity contribution in [3.05, 3.63) is 218 Å². The maximum absolute atomic E-state index is 5.24. The summed E-state index contributed by atoms with van der Waals surface area (Å²) in [5.74, 6) is 1.88. The smallest absolute Gasteiger partial charge is 0.166 e. The van der Waals surface area contributed by atoms with Gasteiger partial charge in [0.25, 0.3) is 0 Å². The van der Waals surface area contributed by atoms with Crippen LogP contribution in [0.2, 0.25) is 0 Å². The van der Waals surface area contributed by atoms with Crippen LogP contribution in [0.4, 0.5) is 0 Å². The zero-order chi connectivity index (χ0) is 41.0. The van der Waals surface area contributed by atoms with Gasteiger partial charge in [-0.2, -0.15) is 0 Å². The quantitative estimate of drug-likeness (QED) is 0.161. The Balaban J connectivity index is 1.03. The maximum atomic E-state index is 5.24. The van der Waals surface area contributed by atoms with Crippen LogP contribution in [-0.4, -0.2) is 19.5 Å². The summed E-state index contributed by atoms with van der Waals surface area (Å²) in [5, 5.41) is 5.00. The van der Waals surface area contributed by atoms with Gasteiger partial charge in [0.15, 0.2) is 17.5 Å². The van der Waals surface area contributed by atoms with E-state index >= 15 is 0 Å². The number of thiophene rings is 1. The first-order valence-electron chi connectivity index (χ1n) is 20.9. The van der Waals surface area contributed by atoms with Crippen molar-refractivity contribution in [1.29, 1.82) is 0 Å². The van der Waals surface area contributed by atoms with Crippen LogP contribution in [0.25, 0.3) is 115 Å². The van der Waals surface area contributed by atoms with Crippen LogP contribution in [0.15, 0.2) is 218 Å². The fourth-order valence-electron chi connectivity index (χ4n) is 8.95. The van der Waals surface area contributed by atoms with Crippen molar-refractivity contribution in [1.82, 2.24) is 19.5 Å². The van der Waals surface area contributed by atoms with E-state index in [9.17, 15) is 0 Å². The predicted molar refractivity (Wildman–Crippen MR) is 260 cm³/mol. The molecule has 0 aliphatic heterocycles. The normalized spacial score (nSPS) is 11.5. The molecule has 0 atom stereocenters. The Morgan fingerprint density at radius 3 is 1.47 bits per heavy atom. The molecule has 0 N–H and O–H groups in total. The Kier molecular flexibility index (Phi) is 8.65. The van der Waals surface area contributed by atoms with Gasteiger partial charge < -0.3 is 4.57 Å². The minimum Gasteiger partial charge on any atom is -0.308 e. The van der Waals surface area contributed by atoms with E-state index in [2.05, 4.69) is 199 Å². The molecule has 0 radical (unpaired) electrons. The molecule has 0 bridgehead atoms. The summed E-state index contributed by atoms with van der Waals surface area (Å²) in [7, 11) is 0. The second-order valence-electron chi connectivity index (χ2n) is 15.5. The van der Waals surface area contributed by atoms with Gasteiger partial charge >= 0.3 is 0 Å². The van der Waals surface area contributed by atoms with Crippen molar-refractivity contribution in [3.8, 4) is 73.2 Å². The summed E-state index contributed by atoms with van der Waals surface area (Å²) >= 11 is 1.87. The Hall–Kier alpha value is -7.99. The Morgan fingerprint density at radius 1 is 0.306 bits per heavy atom. The van der Waals surface area contributed by atoms with Crippen LogP contribution in [0.5, 0.6) is 0 Å². The Morgan fingerprint density at radius 2 is 0.790 bits per heavy atom. The monoisotopic (exact) mass is 808 g/mol. The van der Waals surface area contributed by atoms with Crippen molar-refractivity contribution in [2.45, 2.75) is 0 Å². The van der Waals surface area contributed by atoms with Gasteiger partial charge in [-0.3, -0.25) is 0 Å². The molecule has 0 fully saturated rings. The average molecular weight is 809 g/mol. The number of nitrogens with zero attached hydrogens (tertiary/aromatic N) is 4. The second-order valence-corrected chi connectivity index (χ2v) is 16.6. The molecule has 62 heavy (non-hydrogen) atoms. The molecule has 0 spiro atoms. The highest BCUT2D eigenvalue weighted by Crippen LogP contribution is 2.47. The first-order chi connectivity index (χ1) is 30.7. The molecular formula is C57H36N4S. The largest absolute Gasteiger partial charge is 0.308 e. The van der Waals surface area contributed by atoms with Crippen LogP contribution < -0.4 is 0 Å². The zero-order valence-corrected chi connectivity index (χ0v) is 34.3. The molecule has 0 saturated heterocycles. The van der Waals surface area contributed by atoms with E-state index < -0.39 is 0 Å². The molecule has 3 heterocycles. The van der Waals surface area contributed by atoms with Gasteiger partial charge in [0, 0.05) is 47.6 Å². The van der Waals surface area contributed by atoms with E-state index in [0.29, 0.717) is 17.5 Å². The van der Waals surface area contributed by atoms with E-state index in [1.165, 1.54) is 58.8 Å². The number of aromatic nitrogens is 4. The summed E-state index contributed by atoms with van der Waals surface area (Å²) in [6.45, 7) is 0. The van der Waals surface area contributed by atoms with Gasteiger partial charge in [-0.25, -0.2) is 15.0 Å². The van der Waals surface area contributed by atoms with Gasteiger partial charge in [-0.15, -0.1) is 11.3 Å². The predicted octanol–water partition coefficient (Wildman–Crippen LogP) is 15.3.